The van der Waals surface area contributed by atoms with Crippen LogP contribution in [0.25, 0.3) is 11.0 Å². The molecule has 5 heteroatoms. The Morgan fingerprint density at radius 2 is 1.96 bits per heavy atom. The van der Waals surface area contributed by atoms with Crippen LogP contribution in [0, 0.1) is 5.41 Å². The number of nitrogens with one attached hydrogen (secondary N) is 2. The predicted molar refractivity (Wildman–Crippen MR) is 98.1 cm³/mol. The second kappa shape index (κ2) is 6.58. The number of anilines is 2. The highest BCUT2D eigenvalue weighted by molar-refractivity contribution is 6.06. The average Bonchev–Trinajstić information content (AvgIpc) is 2.61. The normalized spacial score (nSPS) is 10.6. The van der Waals surface area contributed by atoms with Crippen molar-refractivity contribution >= 4 is 28.3 Å². The second-order valence-electron chi connectivity index (χ2n) is 5.53. The van der Waals surface area contributed by atoms with E-state index in [1.165, 1.54) is 11.6 Å². The Bertz CT molecular complexity index is 946. The van der Waals surface area contributed by atoms with Crippen molar-refractivity contribution in [3.05, 3.63) is 70.6 Å². The molecule has 0 unspecified atom stereocenters. The lowest BCUT2D eigenvalue weighted by atomic mass is 10.1. The van der Waals surface area contributed by atoms with E-state index in [-0.39, 0.29) is 5.96 Å². The number of nitrogens with zero attached hydrogens (tertiary/aromatic N) is 1. The first-order chi connectivity index (χ1) is 11.6. The van der Waals surface area contributed by atoms with Gasteiger partial charge < -0.3 is 14.6 Å². The SMILES string of the molecule is CCc1cccc(N(C)C(=N)Nc2cccc3ccc(=O)oc23)c1. The van der Waals surface area contributed by atoms with Crippen molar-refractivity contribution in [1.82, 2.24) is 0 Å². The molecule has 0 aliphatic carbocycles. The van der Waals surface area contributed by atoms with E-state index in [4.69, 9.17) is 9.83 Å². The summed E-state index contributed by atoms with van der Waals surface area (Å²) in [6.45, 7) is 2.10. The van der Waals surface area contributed by atoms with Crippen LogP contribution in [-0.2, 0) is 6.42 Å². The lowest BCUT2D eigenvalue weighted by Crippen LogP contribution is -2.32. The Balaban J connectivity index is 1.89. The molecule has 0 fully saturated rings. The molecule has 2 N–H and O–H groups in total. The van der Waals surface area contributed by atoms with Gasteiger partial charge >= 0.3 is 5.63 Å². The molecule has 1 heterocycles. The third kappa shape index (κ3) is 3.15. The van der Waals surface area contributed by atoms with E-state index in [1.807, 2.05) is 31.3 Å². The fourth-order valence-corrected chi connectivity index (χ4v) is 2.52. The second-order valence-corrected chi connectivity index (χ2v) is 5.53. The number of fused-ring (bicyclic) bond motifs is 1. The Morgan fingerprint density at radius 3 is 2.75 bits per heavy atom. The van der Waals surface area contributed by atoms with Crippen LogP contribution in [0.4, 0.5) is 11.4 Å². The summed E-state index contributed by atoms with van der Waals surface area (Å²) in [7, 11) is 1.82. The Morgan fingerprint density at radius 1 is 1.17 bits per heavy atom. The molecule has 0 aliphatic heterocycles. The standard InChI is InChI=1S/C19H19N3O2/c1-3-13-6-4-8-15(12-13)22(2)19(20)21-16-9-5-7-14-10-11-17(23)24-18(14)16/h4-12H,3H2,1-2H3,(H2,20,21). The molecule has 0 saturated heterocycles. The lowest BCUT2D eigenvalue weighted by molar-refractivity contribution is 0.562. The van der Waals surface area contributed by atoms with Crippen LogP contribution in [0.3, 0.4) is 0 Å². The molecular weight excluding hydrogens is 302 g/mol. The fraction of sp³-hybridized carbons (Fsp3) is 0.158. The van der Waals surface area contributed by atoms with Crippen LogP contribution >= 0.6 is 0 Å². The average molecular weight is 321 g/mol. The number of hydrogen-bond donors (Lipinski definition) is 2. The molecule has 0 saturated carbocycles. The van der Waals surface area contributed by atoms with E-state index in [9.17, 15) is 4.79 Å². The van der Waals surface area contributed by atoms with Crippen molar-refractivity contribution in [2.75, 3.05) is 17.3 Å². The molecule has 0 amide bonds. The molecule has 24 heavy (non-hydrogen) atoms. The Labute approximate surface area is 140 Å². The van der Waals surface area contributed by atoms with Crippen molar-refractivity contribution in [2.45, 2.75) is 13.3 Å². The van der Waals surface area contributed by atoms with E-state index < -0.39 is 5.63 Å². The predicted octanol–water partition coefficient (Wildman–Crippen LogP) is 3.84. The van der Waals surface area contributed by atoms with Gasteiger partial charge in [0.25, 0.3) is 0 Å². The van der Waals surface area contributed by atoms with Gasteiger partial charge in [0.1, 0.15) is 0 Å². The maximum absolute atomic E-state index is 11.5. The first-order valence-corrected chi connectivity index (χ1v) is 7.79. The molecule has 5 nitrogen and oxygen atoms in total. The molecule has 122 valence electrons. The molecule has 0 atom stereocenters. The van der Waals surface area contributed by atoms with Gasteiger partial charge in [0.15, 0.2) is 11.5 Å². The fourth-order valence-electron chi connectivity index (χ4n) is 2.52. The van der Waals surface area contributed by atoms with Gasteiger partial charge in [0, 0.05) is 24.2 Å². The van der Waals surface area contributed by atoms with Gasteiger partial charge in [-0.25, -0.2) is 4.79 Å². The minimum atomic E-state index is -0.410. The van der Waals surface area contributed by atoms with Gasteiger partial charge in [-0.2, -0.15) is 0 Å². The van der Waals surface area contributed by atoms with Gasteiger partial charge in [0.2, 0.25) is 0 Å². The topological polar surface area (TPSA) is 69.3 Å². The summed E-state index contributed by atoms with van der Waals surface area (Å²) in [4.78, 5) is 13.2. The van der Waals surface area contributed by atoms with E-state index in [1.54, 1.807) is 17.0 Å². The minimum Gasteiger partial charge on any atom is -0.420 e. The highest BCUT2D eigenvalue weighted by Gasteiger charge is 2.11. The molecule has 3 rings (SSSR count). The molecule has 0 bridgehead atoms. The van der Waals surface area contributed by atoms with Crippen molar-refractivity contribution in [2.24, 2.45) is 0 Å². The molecule has 3 aromatic rings. The zero-order valence-corrected chi connectivity index (χ0v) is 13.7. The summed E-state index contributed by atoms with van der Waals surface area (Å²) in [6, 6.07) is 16.7. The zero-order chi connectivity index (χ0) is 17.1. The first-order valence-electron chi connectivity index (χ1n) is 7.79. The van der Waals surface area contributed by atoms with Gasteiger partial charge in [-0.05, 0) is 36.2 Å². The number of hydrogen-bond acceptors (Lipinski definition) is 3. The van der Waals surface area contributed by atoms with E-state index in [0.29, 0.717) is 11.3 Å². The third-order valence-electron chi connectivity index (χ3n) is 3.94. The van der Waals surface area contributed by atoms with Gasteiger partial charge in [-0.3, -0.25) is 5.41 Å². The van der Waals surface area contributed by atoms with Crippen molar-refractivity contribution in [1.29, 1.82) is 5.41 Å². The van der Waals surface area contributed by atoms with Crippen LogP contribution in [0.5, 0.6) is 0 Å². The van der Waals surface area contributed by atoms with Crippen molar-refractivity contribution in [3.8, 4) is 0 Å². The van der Waals surface area contributed by atoms with Gasteiger partial charge in [-0.1, -0.05) is 31.2 Å². The van der Waals surface area contributed by atoms with Crippen LogP contribution in [-0.4, -0.2) is 13.0 Å². The molecule has 0 radical (unpaired) electrons. The molecule has 0 aliphatic rings. The Hall–Kier alpha value is -3.08. The Kier molecular flexibility index (Phi) is 4.33. The number of rotatable bonds is 3. The van der Waals surface area contributed by atoms with Crippen molar-refractivity contribution < 1.29 is 4.42 Å². The smallest absolute Gasteiger partial charge is 0.336 e. The van der Waals surface area contributed by atoms with Gasteiger partial charge in [-0.15, -0.1) is 0 Å². The number of aryl methyl sites for hydroxylation is 1. The zero-order valence-electron chi connectivity index (χ0n) is 13.7. The van der Waals surface area contributed by atoms with E-state index in [2.05, 4.69) is 24.4 Å². The van der Waals surface area contributed by atoms with Crippen LogP contribution in [0.2, 0.25) is 0 Å². The van der Waals surface area contributed by atoms with Gasteiger partial charge in [0.05, 0.1) is 5.69 Å². The minimum absolute atomic E-state index is 0.197. The number of guanidine groups is 1. The summed E-state index contributed by atoms with van der Waals surface area (Å²) < 4.78 is 5.28. The lowest BCUT2D eigenvalue weighted by Gasteiger charge is -2.21. The maximum atomic E-state index is 11.5. The largest absolute Gasteiger partial charge is 0.420 e. The third-order valence-corrected chi connectivity index (χ3v) is 3.94. The molecule has 1 aromatic heterocycles. The van der Waals surface area contributed by atoms with E-state index in [0.717, 1.165) is 17.5 Å². The summed E-state index contributed by atoms with van der Waals surface area (Å²) in [5.41, 5.74) is 2.77. The van der Waals surface area contributed by atoms with Crippen LogP contribution in [0.15, 0.2) is 63.8 Å². The van der Waals surface area contributed by atoms with Crippen molar-refractivity contribution in [3.63, 3.8) is 0 Å². The molecule has 0 spiro atoms. The van der Waals surface area contributed by atoms with Crippen LogP contribution < -0.4 is 15.8 Å². The number of para-hydroxylation sites is 1. The maximum Gasteiger partial charge on any atom is 0.336 e. The highest BCUT2D eigenvalue weighted by Crippen LogP contribution is 2.23. The first kappa shape index (κ1) is 15.8. The number of benzene rings is 2. The van der Waals surface area contributed by atoms with Crippen LogP contribution in [0.1, 0.15) is 12.5 Å². The molecule has 2 aromatic carbocycles. The summed E-state index contributed by atoms with van der Waals surface area (Å²) in [6.07, 6.45) is 0.941. The summed E-state index contributed by atoms with van der Waals surface area (Å²) >= 11 is 0. The summed E-state index contributed by atoms with van der Waals surface area (Å²) in [5, 5.41) is 12.2. The monoisotopic (exact) mass is 321 g/mol. The highest BCUT2D eigenvalue weighted by atomic mass is 16.4. The van der Waals surface area contributed by atoms with E-state index >= 15 is 0 Å². The summed E-state index contributed by atoms with van der Waals surface area (Å²) in [5.74, 6) is 0.197. The molecular formula is C19H19N3O2. The quantitative estimate of drug-likeness (QED) is 0.437.